The summed E-state index contributed by atoms with van der Waals surface area (Å²) in [5, 5.41) is 6.47. The highest BCUT2D eigenvalue weighted by Gasteiger charge is 2.21. The Morgan fingerprint density at radius 1 is 1.28 bits per heavy atom. The monoisotopic (exact) mass is 252 g/mol. The van der Waals surface area contributed by atoms with E-state index in [1.165, 1.54) is 32.1 Å². The molecule has 2 fully saturated rings. The van der Waals surface area contributed by atoms with Crippen LogP contribution in [0.25, 0.3) is 0 Å². The van der Waals surface area contributed by atoms with Crippen molar-refractivity contribution in [2.45, 2.75) is 51.9 Å². The Balaban J connectivity index is 1.56. The molecule has 2 rings (SSSR count). The van der Waals surface area contributed by atoms with Crippen LogP contribution >= 0.6 is 0 Å². The molecule has 0 aromatic rings. The van der Waals surface area contributed by atoms with Gasteiger partial charge in [-0.3, -0.25) is 4.79 Å². The second-order valence-corrected chi connectivity index (χ2v) is 6.34. The highest BCUT2D eigenvalue weighted by atomic mass is 16.1. The zero-order valence-corrected chi connectivity index (χ0v) is 11.7. The van der Waals surface area contributed by atoms with Crippen LogP contribution in [0.1, 0.15) is 51.9 Å². The lowest BCUT2D eigenvalue weighted by molar-refractivity contribution is -0.122. The third-order valence-corrected chi connectivity index (χ3v) is 4.56. The molecule has 0 aromatic carbocycles. The maximum atomic E-state index is 11.9. The molecule has 1 saturated carbocycles. The highest BCUT2D eigenvalue weighted by Crippen LogP contribution is 2.30. The van der Waals surface area contributed by atoms with E-state index in [2.05, 4.69) is 17.6 Å². The highest BCUT2D eigenvalue weighted by molar-refractivity contribution is 5.76. The molecule has 2 N–H and O–H groups in total. The van der Waals surface area contributed by atoms with E-state index in [1.54, 1.807) is 0 Å². The van der Waals surface area contributed by atoms with Gasteiger partial charge < -0.3 is 10.6 Å². The van der Waals surface area contributed by atoms with Gasteiger partial charge >= 0.3 is 0 Å². The molecule has 1 saturated heterocycles. The summed E-state index contributed by atoms with van der Waals surface area (Å²) >= 11 is 0. The Morgan fingerprint density at radius 2 is 2.17 bits per heavy atom. The van der Waals surface area contributed by atoms with Gasteiger partial charge in [0.15, 0.2) is 0 Å². The molecule has 3 nitrogen and oxygen atoms in total. The Labute approximate surface area is 111 Å². The molecule has 0 aromatic heterocycles. The second kappa shape index (κ2) is 7.13. The molecule has 2 aliphatic rings. The number of amides is 1. The second-order valence-electron chi connectivity index (χ2n) is 6.34. The molecule has 3 heteroatoms. The van der Waals surface area contributed by atoms with Crippen LogP contribution in [0.3, 0.4) is 0 Å². The molecule has 104 valence electrons. The lowest BCUT2D eigenvalue weighted by Crippen LogP contribution is -2.29. The first kappa shape index (κ1) is 13.9. The van der Waals surface area contributed by atoms with Gasteiger partial charge in [-0.05, 0) is 56.5 Å². The third-order valence-electron chi connectivity index (χ3n) is 4.56. The number of nitrogens with one attached hydrogen (secondary N) is 2. The zero-order chi connectivity index (χ0) is 12.8. The summed E-state index contributed by atoms with van der Waals surface area (Å²) in [5.74, 6) is 2.52. The number of carbonyl (C=O) groups excluding carboxylic acids is 1. The van der Waals surface area contributed by atoms with Crippen LogP contribution in [0.4, 0.5) is 0 Å². The van der Waals surface area contributed by atoms with Crippen LogP contribution in [0.2, 0.25) is 0 Å². The summed E-state index contributed by atoms with van der Waals surface area (Å²) in [6.07, 6.45) is 8.34. The average Bonchev–Trinajstić information content (AvgIpc) is 2.82. The topological polar surface area (TPSA) is 41.1 Å². The van der Waals surface area contributed by atoms with E-state index in [0.29, 0.717) is 5.92 Å². The van der Waals surface area contributed by atoms with Crippen LogP contribution < -0.4 is 10.6 Å². The van der Waals surface area contributed by atoms with Crippen molar-refractivity contribution in [2.75, 3.05) is 19.6 Å². The van der Waals surface area contributed by atoms with Gasteiger partial charge in [-0.25, -0.2) is 0 Å². The summed E-state index contributed by atoms with van der Waals surface area (Å²) in [6.45, 7) is 5.47. The van der Waals surface area contributed by atoms with E-state index in [9.17, 15) is 4.79 Å². The molecular formula is C15H28N2O. The van der Waals surface area contributed by atoms with E-state index in [1.807, 2.05) is 0 Å². The minimum Gasteiger partial charge on any atom is -0.356 e. The van der Waals surface area contributed by atoms with Gasteiger partial charge in [-0.1, -0.05) is 19.8 Å². The van der Waals surface area contributed by atoms with Crippen molar-refractivity contribution in [3.63, 3.8) is 0 Å². The smallest absolute Gasteiger partial charge is 0.220 e. The minimum atomic E-state index is 0.278. The lowest BCUT2D eigenvalue weighted by Gasteiger charge is -2.26. The van der Waals surface area contributed by atoms with Crippen LogP contribution in [-0.2, 0) is 4.79 Å². The van der Waals surface area contributed by atoms with E-state index >= 15 is 0 Å². The Kier molecular flexibility index (Phi) is 5.48. The summed E-state index contributed by atoms with van der Waals surface area (Å²) < 4.78 is 0. The average molecular weight is 252 g/mol. The van der Waals surface area contributed by atoms with Gasteiger partial charge in [-0.15, -0.1) is 0 Å². The van der Waals surface area contributed by atoms with Gasteiger partial charge in [0, 0.05) is 13.0 Å². The molecule has 1 amide bonds. The maximum Gasteiger partial charge on any atom is 0.220 e. The summed E-state index contributed by atoms with van der Waals surface area (Å²) in [4.78, 5) is 11.9. The number of carbonyl (C=O) groups is 1. The van der Waals surface area contributed by atoms with Crippen LogP contribution in [-0.4, -0.2) is 25.5 Å². The van der Waals surface area contributed by atoms with Crippen molar-refractivity contribution >= 4 is 5.91 Å². The van der Waals surface area contributed by atoms with Crippen molar-refractivity contribution in [3.8, 4) is 0 Å². The summed E-state index contributed by atoms with van der Waals surface area (Å²) in [6, 6.07) is 0. The molecule has 3 unspecified atom stereocenters. The van der Waals surface area contributed by atoms with Gasteiger partial charge in [-0.2, -0.15) is 0 Å². The maximum absolute atomic E-state index is 11.9. The minimum absolute atomic E-state index is 0.278. The quantitative estimate of drug-likeness (QED) is 0.788. The van der Waals surface area contributed by atoms with Crippen molar-refractivity contribution in [1.82, 2.24) is 10.6 Å². The lowest BCUT2D eigenvalue weighted by atomic mass is 9.81. The van der Waals surface area contributed by atoms with Gasteiger partial charge in [0.1, 0.15) is 0 Å². The third kappa shape index (κ3) is 4.60. The Bertz CT molecular complexity index is 261. The first-order chi connectivity index (χ1) is 8.74. The van der Waals surface area contributed by atoms with Crippen LogP contribution in [0, 0.1) is 17.8 Å². The van der Waals surface area contributed by atoms with E-state index in [-0.39, 0.29) is 5.91 Å². The van der Waals surface area contributed by atoms with E-state index in [0.717, 1.165) is 44.3 Å². The Hall–Kier alpha value is -0.570. The van der Waals surface area contributed by atoms with E-state index < -0.39 is 0 Å². The predicted molar refractivity (Wildman–Crippen MR) is 74.3 cm³/mol. The molecular weight excluding hydrogens is 224 g/mol. The van der Waals surface area contributed by atoms with Gasteiger partial charge in [0.2, 0.25) is 5.91 Å². The molecule has 1 aliphatic heterocycles. The molecule has 0 spiro atoms. The molecule has 1 aliphatic carbocycles. The van der Waals surface area contributed by atoms with E-state index in [4.69, 9.17) is 0 Å². The molecule has 3 atom stereocenters. The van der Waals surface area contributed by atoms with Crippen molar-refractivity contribution in [1.29, 1.82) is 0 Å². The van der Waals surface area contributed by atoms with Crippen molar-refractivity contribution in [3.05, 3.63) is 0 Å². The largest absolute Gasteiger partial charge is 0.356 e. The Morgan fingerprint density at radius 3 is 2.89 bits per heavy atom. The van der Waals surface area contributed by atoms with Crippen LogP contribution in [0.5, 0.6) is 0 Å². The fraction of sp³-hybridized carbons (Fsp3) is 0.933. The standard InChI is InChI=1S/C15H28N2O/c1-12-3-2-4-14(9-12)10-15(18)17-8-6-13-5-7-16-11-13/h12-14,16H,2-11H2,1H3,(H,17,18). The SMILES string of the molecule is CC1CCCC(CC(=O)NCCC2CCNC2)C1. The number of hydrogen-bond acceptors (Lipinski definition) is 2. The summed E-state index contributed by atoms with van der Waals surface area (Å²) in [5.41, 5.74) is 0. The number of hydrogen-bond donors (Lipinski definition) is 2. The molecule has 0 bridgehead atoms. The zero-order valence-electron chi connectivity index (χ0n) is 11.7. The van der Waals surface area contributed by atoms with Crippen molar-refractivity contribution in [2.24, 2.45) is 17.8 Å². The van der Waals surface area contributed by atoms with Gasteiger partial charge in [0.25, 0.3) is 0 Å². The fourth-order valence-corrected chi connectivity index (χ4v) is 3.46. The first-order valence-electron chi connectivity index (χ1n) is 7.71. The fourth-order valence-electron chi connectivity index (χ4n) is 3.46. The van der Waals surface area contributed by atoms with Crippen LogP contribution in [0.15, 0.2) is 0 Å². The number of rotatable bonds is 5. The van der Waals surface area contributed by atoms with Crippen molar-refractivity contribution < 1.29 is 4.79 Å². The van der Waals surface area contributed by atoms with Gasteiger partial charge in [0.05, 0.1) is 0 Å². The predicted octanol–water partition coefficient (Wildman–Crippen LogP) is 2.32. The summed E-state index contributed by atoms with van der Waals surface area (Å²) in [7, 11) is 0. The molecule has 1 heterocycles. The molecule has 18 heavy (non-hydrogen) atoms. The normalized spacial score (nSPS) is 32.4. The first-order valence-corrected chi connectivity index (χ1v) is 7.71. The molecule has 0 radical (unpaired) electrons.